The Labute approximate surface area is 88.1 Å². The van der Waals surface area contributed by atoms with E-state index in [1.807, 2.05) is 19.1 Å². The Morgan fingerprint density at radius 1 is 1.27 bits per heavy atom. The Morgan fingerprint density at radius 2 is 1.93 bits per heavy atom. The molecule has 3 heteroatoms. The van der Waals surface area contributed by atoms with Crippen molar-refractivity contribution in [2.75, 3.05) is 0 Å². The topological polar surface area (TPSA) is 46.0 Å². The summed E-state index contributed by atoms with van der Waals surface area (Å²) in [7, 11) is 0. The van der Waals surface area contributed by atoms with E-state index in [2.05, 4.69) is 25.8 Å². The molecule has 0 aliphatic heterocycles. The molecule has 1 aromatic carbocycles. The maximum absolute atomic E-state index is 11.0. The highest BCUT2D eigenvalue weighted by molar-refractivity contribution is 5.74. The van der Waals surface area contributed by atoms with Crippen molar-refractivity contribution in [3.8, 4) is 0 Å². The van der Waals surface area contributed by atoms with Crippen molar-refractivity contribution in [3.05, 3.63) is 33.8 Å². The first-order chi connectivity index (χ1) is 6.88. The lowest BCUT2D eigenvalue weighted by atomic mass is 9.84. The fraction of sp³-hybridized carbons (Fsp3) is 0.417. The van der Waals surface area contributed by atoms with Crippen LogP contribution < -0.4 is 5.76 Å². The minimum absolute atomic E-state index is 0.0636. The predicted octanol–water partition coefficient (Wildman–Crippen LogP) is 2.73. The van der Waals surface area contributed by atoms with Gasteiger partial charge in [-0.05, 0) is 35.6 Å². The van der Waals surface area contributed by atoms with Gasteiger partial charge in [-0.3, -0.25) is 4.98 Å². The highest BCUT2D eigenvalue weighted by Crippen LogP contribution is 2.28. The summed E-state index contributed by atoms with van der Waals surface area (Å²) in [6.45, 7) is 8.48. The highest BCUT2D eigenvalue weighted by atomic mass is 16.4. The number of oxazole rings is 1. The summed E-state index contributed by atoms with van der Waals surface area (Å²) in [6, 6.07) is 3.91. The summed E-state index contributed by atoms with van der Waals surface area (Å²) < 4.78 is 5.05. The summed E-state index contributed by atoms with van der Waals surface area (Å²) >= 11 is 0. The molecule has 0 unspecified atom stereocenters. The quantitative estimate of drug-likeness (QED) is 0.718. The molecule has 2 aromatic rings. The smallest absolute Gasteiger partial charge is 0.408 e. The molecule has 1 heterocycles. The molecule has 3 nitrogen and oxygen atoms in total. The van der Waals surface area contributed by atoms with Gasteiger partial charge in [-0.25, -0.2) is 4.79 Å². The van der Waals surface area contributed by atoms with E-state index in [4.69, 9.17) is 4.42 Å². The Bertz CT molecular complexity index is 555. The van der Waals surface area contributed by atoms with Gasteiger partial charge in [0.1, 0.15) is 0 Å². The summed E-state index contributed by atoms with van der Waals surface area (Å²) in [5.41, 5.74) is 3.85. The molecule has 0 bridgehead atoms. The van der Waals surface area contributed by atoms with Crippen molar-refractivity contribution in [3.63, 3.8) is 0 Å². The van der Waals surface area contributed by atoms with Crippen LogP contribution in [0.4, 0.5) is 0 Å². The van der Waals surface area contributed by atoms with E-state index in [1.54, 1.807) is 0 Å². The van der Waals surface area contributed by atoms with Crippen LogP contribution in [0.25, 0.3) is 11.1 Å². The van der Waals surface area contributed by atoms with Crippen LogP contribution in [0.2, 0.25) is 0 Å². The number of H-pyrrole nitrogens is 1. The van der Waals surface area contributed by atoms with E-state index in [9.17, 15) is 4.79 Å². The molecular weight excluding hydrogens is 190 g/mol. The number of aryl methyl sites for hydroxylation is 1. The Morgan fingerprint density at radius 3 is 2.53 bits per heavy atom. The minimum atomic E-state index is -0.393. The van der Waals surface area contributed by atoms with Crippen molar-refractivity contribution in [1.82, 2.24) is 4.98 Å². The van der Waals surface area contributed by atoms with Crippen LogP contribution in [0.1, 0.15) is 31.9 Å². The monoisotopic (exact) mass is 205 g/mol. The second-order valence-corrected chi connectivity index (χ2v) is 4.93. The zero-order valence-corrected chi connectivity index (χ0v) is 9.47. The van der Waals surface area contributed by atoms with Gasteiger partial charge in [-0.1, -0.05) is 20.8 Å². The highest BCUT2D eigenvalue weighted by Gasteiger charge is 2.18. The van der Waals surface area contributed by atoms with Gasteiger partial charge in [-0.2, -0.15) is 0 Å². The number of aromatic nitrogens is 1. The second kappa shape index (κ2) is 2.99. The van der Waals surface area contributed by atoms with E-state index in [1.165, 1.54) is 11.1 Å². The van der Waals surface area contributed by atoms with E-state index in [0.29, 0.717) is 5.58 Å². The third kappa shape index (κ3) is 1.69. The van der Waals surface area contributed by atoms with Crippen molar-refractivity contribution in [1.29, 1.82) is 0 Å². The molecule has 0 amide bonds. The Kier molecular flexibility index (Phi) is 2.00. The average Bonchev–Trinajstić information content (AvgIpc) is 2.40. The Balaban J connectivity index is 2.77. The van der Waals surface area contributed by atoms with E-state index >= 15 is 0 Å². The van der Waals surface area contributed by atoms with Crippen LogP contribution in [-0.4, -0.2) is 4.98 Å². The standard InChI is InChI=1S/C12H15NO2/c1-7-5-9-10(15-11(14)13-9)6-8(7)12(2,3)4/h5-6H,1-4H3,(H,13,14). The van der Waals surface area contributed by atoms with Crippen LogP contribution in [0.15, 0.2) is 21.3 Å². The molecule has 0 atom stereocenters. The third-order valence-electron chi connectivity index (χ3n) is 2.57. The molecule has 0 spiro atoms. The van der Waals surface area contributed by atoms with Crippen LogP contribution >= 0.6 is 0 Å². The number of aromatic amines is 1. The number of nitrogens with one attached hydrogen (secondary N) is 1. The molecule has 1 aromatic heterocycles. The van der Waals surface area contributed by atoms with E-state index in [-0.39, 0.29) is 5.41 Å². The summed E-state index contributed by atoms with van der Waals surface area (Å²) in [5.74, 6) is -0.393. The van der Waals surface area contributed by atoms with E-state index < -0.39 is 5.76 Å². The van der Waals surface area contributed by atoms with Gasteiger partial charge >= 0.3 is 5.76 Å². The molecule has 0 fully saturated rings. The SMILES string of the molecule is Cc1cc2[nH]c(=O)oc2cc1C(C)(C)C. The minimum Gasteiger partial charge on any atom is -0.408 e. The molecule has 0 saturated heterocycles. The van der Waals surface area contributed by atoms with Crippen LogP contribution in [0.3, 0.4) is 0 Å². The van der Waals surface area contributed by atoms with Crippen LogP contribution in [0, 0.1) is 6.92 Å². The second-order valence-electron chi connectivity index (χ2n) is 4.93. The zero-order valence-electron chi connectivity index (χ0n) is 9.47. The molecule has 2 rings (SSSR count). The normalized spacial score (nSPS) is 12.3. The zero-order chi connectivity index (χ0) is 11.2. The van der Waals surface area contributed by atoms with E-state index in [0.717, 1.165) is 5.52 Å². The lowest BCUT2D eigenvalue weighted by molar-refractivity contribution is 0.549. The third-order valence-corrected chi connectivity index (χ3v) is 2.57. The summed E-state index contributed by atoms with van der Waals surface area (Å²) in [5, 5.41) is 0. The van der Waals surface area contributed by atoms with Crippen molar-refractivity contribution < 1.29 is 4.42 Å². The molecule has 0 radical (unpaired) electrons. The van der Waals surface area contributed by atoms with Gasteiger partial charge in [0.15, 0.2) is 5.58 Å². The number of fused-ring (bicyclic) bond motifs is 1. The fourth-order valence-corrected chi connectivity index (χ4v) is 1.91. The lowest BCUT2D eigenvalue weighted by Crippen LogP contribution is -2.12. The molecule has 80 valence electrons. The van der Waals surface area contributed by atoms with Gasteiger partial charge in [0.05, 0.1) is 5.52 Å². The first-order valence-electron chi connectivity index (χ1n) is 5.02. The van der Waals surface area contributed by atoms with Gasteiger partial charge in [0.2, 0.25) is 0 Å². The van der Waals surface area contributed by atoms with Gasteiger partial charge < -0.3 is 4.42 Å². The van der Waals surface area contributed by atoms with Gasteiger partial charge in [0.25, 0.3) is 0 Å². The maximum Gasteiger partial charge on any atom is 0.417 e. The van der Waals surface area contributed by atoms with Gasteiger partial charge in [-0.15, -0.1) is 0 Å². The molecule has 15 heavy (non-hydrogen) atoms. The summed E-state index contributed by atoms with van der Waals surface area (Å²) in [6.07, 6.45) is 0. The number of hydrogen-bond donors (Lipinski definition) is 1. The average molecular weight is 205 g/mol. The first-order valence-corrected chi connectivity index (χ1v) is 5.02. The predicted molar refractivity (Wildman–Crippen MR) is 60.3 cm³/mol. The molecule has 0 saturated carbocycles. The van der Waals surface area contributed by atoms with Crippen LogP contribution in [0.5, 0.6) is 0 Å². The molecule has 0 aliphatic carbocycles. The molecule has 0 aliphatic rings. The number of rotatable bonds is 0. The fourth-order valence-electron chi connectivity index (χ4n) is 1.91. The molecule has 1 N–H and O–H groups in total. The Hall–Kier alpha value is -1.51. The first kappa shape index (κ1) is 10.0. The maximum atomic E-state index is 11.0. The molecular formula is C12H15NO2. The summed E-state index contributed by atoms with van der Waals surface area (Å²) in [4.78, 5) is 13.7. The van der Waals surface area contributed by atoms with Gasteiger partial charge in [0, 0.05) is 0 Å². The van der Waals surface area contributed by atoms with Crippen molar-refractivity contribution in [2.24, 2.45) is 0 Å². The lowest BCUT2D eigenvalue weighted by Gasteiger charge is -2.21. The van der Waals surface area contributed by atoms with Crippen LogP contribution in [-0.2, 0) is 5.41 Å². The van der Waals surface area contributed by atoms with Crippen molar-refractivity contribution in [2.45, 2.75) is 33.1 Å². The number of hydrogen-bond acceptors (Lipinski definition) is 2. The van der Waals surface area contributed by atoms with Crippen molar-refractivity contribution >= 4 is 11.1 Å². The number of benzene rings is 1. The largest absolute Gasteiger partial charge is 0.417 e.